The van der Waals surface area contributed by atoms with Crippen molar-refractivity contribution >= 4 is 17.7 Å². The molecule has 0 aromatic carbocycles. The predicted molar refractivity (Wildman–Crippen MR) is 111 cm³/mol. The molecule has 1 heterocycles. The SMILES string of the molecule is CCC(CC(C)(C)C(=O)OC1CCCCO1)C(=O)OC1(C)C(=O)CC2CC1C2(C)C. The third-order valence-corrected chi connectivity index (χ3v) is 7.95. The van der Waals surface area contributed by atoms with Crippen LogP contribution in [0.2, 0.25) is 0 Å². The number of Topliss-reactive ketones (excluding diaryl/α,β-unsaturated/α-hetero) is 1. The van der Waals surface area contributed by atoms with Gasteiger partial charge in [-0.05, 0) is 64.2 Å². The quantitative estimate of drug-likeness (QED) is 0.565. The summed E-state index contributed by atoms with van der Waals surface area (Å²) < 4.78 is 17.0. The van der Waals surface area contributed by atoms with Crippen molar-refractivity contribution in [2.24, 2.45) is 28.6 Å². The van der Waals surface area contributed by atoms with Crippen LogP contribution < -0.4 is 0 Å². The zero-order chi connectivity index (χ0) is 22.3. The smallest absolute Gasteiger partial charge is 0.313 e. The molecular weight excluding hydrogens is 384 g/mol. The molecule has 3 saturated carbocycles. The van der Waals surface area contributed by atoms with Gasteiger partial charge in [0.2, 0.25) is 6.29 Å². The molecule has 0 radical (unpaired) electrons. The van der Waals surface area contributed by atoms with E-state index in [2.05, 4.69) is 13.8 Å². The molecule has 5 atom stereocenters. The Kier molecular flexibility index (Phi) is 6.39. The topological polar surface area (TPSA) is 78.9 Å². The van der Waals surface area contributed by atoms with Crippen LogP contribution in [0.3, 0.4) is 0 Å². The van der Waals surface area contributed by atoms with Crippen LogP contribution in [0.5, 0.6) is 0 Å². The molecule has 1 saturated heterocycles. The van der Waals surface area contributed by atoms with Crippen molar-refractivity contribution < 1.29 is 28.6 Å². The first kappa shape index (κ1) is 23.2. The highest BCUT2D eigenvalue weighted by Crippen LogP contribution is 2.62. The van der Waals surface area contributed by atoms with Crippen molar-refractivity contribution in [3.8, 4) is 0 Å². The average Bonchev–Trinajstić information content (AvgIpc) is 2.68. The number of hydrogen-bond donors (Lipinski definition) is 0. The van der Waals surface area contributed by atoms with Gasteiger partial charge in [0.1, 0.15) is 0 Å². The van der Waals surface area contributed by atoms with Crippen molar-refractivity contribution in [3.63, 3.8) is 0 Å². The van der Waals surface area contributed by atoms with Crippen molar-refractivity contribution in [3.05, 3.63) is 0 Å². The van der Waals surface area contributed by atoms with Crippen LogP contribution in [0, 0.1) is 28.6 Å². The van der Waals surface area contributed by atoms with Crippen molar-refractivity contribution in [2.75, 3.05) is 6.61 Å². The number of carbonyl (C=O) groups excluding carboxylic acids is 3. The Bertz CT molecular complexity index is 690. The van der Waals surface area contributed by atoms with Crippen molar-refractivity contribution in [1.82, 2.24) is 0 Å². The highest BCUT2D eigenvalue weighted by Gasteiger charge is 2.65. The Morgan fingerprint density at radius 3 is 2.50 bits per heavy atom. The van der Waals surface area contributed by atoms with E-state index in [1.54, 1.807) is 20.8 Å². The number of fused-ring (bicyclic) bond motifs is 2. The molecule has 3 aliphatic carbocycles. The average molecular weight is 423 g/mol. The Hall–Kier alpha value is -1.43. The van der Waals surface area contributed by atoms with Crippen LogP contribution in [0.15, 0.2) is 0 Å². The first-order chi connectivity index (χ1) is 13.9. The van der Waals surface area contributed by atoms with E-state index in [-0.39, 0.29) is 29.1 Å². The first-order valence-corrected chi connectivity index (χ1v) is 11.5. The maximum Gasteiger partial charge on any atom is 0.313 e. The molecule has 0 N–H and O–H groups in total. The van der Waals surface area contributed by atoms with Crippen LogP contribution in [-0.2, 0) is 28.6 Å². The molecule has 6 nitrogen and oxygen atoms in total. The van der Waals surface area contributed by atoms with Crippen LogP contribution in [0.4, 0.5) is 0 Å². The fraction of sp³-hybridized carbons (Fsp3) is 0.875. The van der Waals surface area contributed by atoms with Gasteiger partial charge in [0, 0.05) is 18.8 Å². The molecule has 1 aliphatic heterocycles. The van der Waals surface area contributed by atoms with Gasteiger partial charge in [0.05, 0.1) is 17.9 Å². The highest BCUT2D eigenvalue weighted by atomic mass is 16.7. The fourth-order valence-corrected chi connectivity index (χ4v) is 5.52. The van der Waals surface area contributed by atoms with Gasteiger partial charge in [0.25, 0.3) is 0 Å². The summed E-state index contributed by atoms with van der Waals surface area (Å²) in [5, 5.41) is 0. The summed E-state index contributed by atoms with van der Waals surface area (Å²) in [6, 6.07) is 0. The van der Waals surface area contributed by atoms with E-state index >= 15 is 0 Å². The monoisotopic (exact) mass is 422 g/mol. The minimum Gasteiger partial charge on any atom is -0.451 e. The Labute approximate surface area is 180 Å². The summed E-state index contributed by atoms with van der Waals surface area (Å²) in [6.45, 7) is 12.2. The summed E-state index contributed by atoms with van der Waals surface area (Å²) in [5.41, 5.74) is -1.91. The fourth-order valence-electron chi connectivity index (χ4n) is 5.52. The second-order valence-corrected chi connectivity index (χ2v) is 10.9. The lowest BCUT2D eigenvalue weighted by Gasteiger charge is -2.62. The van der Waals surface area contributed by atoms with E-state index in [4.69, 9.17) is 14.2 Å². The lowest BCUT2D eigenvalue weighted by atomic mass is 9.44. The number of hydrogen-bond acceptors (Lipinski definition) is 6. The molecular formula is C24H38O6. The van der Waals surface area contributed by atoms with E-state index in [0.29, 0.717) is 38.2 Å². The first-order valence-electron chi connectivity index (χ1n) is 11.5. The number of rotatable bonds is 7. The molecule has 4 fully saturated rings. The standard InChI is InChI=1S/C24H38O6/c1-7-15(14-22(2,3)21(27)29-19-10-8-9-11-28-19)20(26)30-24(6)17-12-16(13-18(24)25)23(17,4)5/h15-17,19H,7-14H2,1-6H3. The second-order valence-electron chi connectivity index (χ2n) is 10.9. The molecule has 30 heavy (non-hydrogen) atoms. The summed E-state index contributed by atoms with van der Waals surface area (Å²) in [4.78, 5) is 38.6. The summed E-state index contributed by atoms with van der Waals surface area (Å²) in [6.07, 6.45) is 4.43. The van der Waals surface area contributed by atoms with Gasteiger partial charge in [-0.25, -0.2) is 0 Å². The molecule has 4 aliphatic rings. The van der Waals surface area contributed by atoms with Gasteiger partial charge in [0.15, 0.2) is 11.4 Å². The second kappa shape index (κ2) is 8.25. The summed E-state index contributed by atoms with van der Waals surface area (Å²) in [7, 11) is 0. The lowest BCUT2D eigenvalue weighted by molar-refractivity contribution is -0.217. The van der Waals surface area contributed by atoms with Gasteiger partial charge in [-0.15, -0.1) is 0 Å². The van der Waals surface area contributed by atoms with Crippen LogP contribution in [0.1, 0.15) is 86.5 Å². The summed E-state index contributed by atoms with van der Waals surface area (Å²) in [5.74, 6) is -0.740. The third-order valence-electron chi connectivity index (χ3n) is 7.95. The zero-order valence-electron chi connectivity index (χ0n) is 19.4. The number of esters is 2. The maximum absolute atomic E-state index is 13.1. The van der Waals surface area contributed by atoms with Crippen LogP contribution in [-0.4, -0.2) is 36.2 Å². The van der Waals surface area contributed by atoms with E-state index in [1.165, 1.54) is 0 Å². The van der Waals surface area contributed by atoms with Crippen LogP contribution in [0.25, 0.3) is 0 Å². The third kappa shape index (κ3) is 4.17. The Morgan fingerprint density at radius 2 is 1.93 bits per heavy atom. The van der Waals surface area contributed by atoms with Gasteiger partial charge < -0.3 is 14.2 Å². The number of ether oxygens (including phenoxy) is 3. The lowest BCUT2D eigenvalue weighted by Crippen LogP contribution is -2.66. The Balaban J connectivity index is 1.63. The normalized spacial score (nSPS) is 33.9. The van der Waals surface area contributed by atoms with Gasteiger partial charge >= 0.3 is 11.9 Å². The summed E-state index contributed by atoms with van der Waals surface area (Å²) >= 11 is 0. The maximum atomic E-state index is 13.1. The van der Waals surface area contributed by atoms with Crippen molar-refractivity contribution in [2.45, 2.75) is 98.4 Å². The molecule has 0 aromatic rings. The van der Waals surface area contributed by atoms with E-state index < -0.39 is 23.2 Å². The molecule has 0 amide bonds. The predicted octanol–water partition coefficient (Wildman–Crippen LogP) is 4.44. The molecule has 170 valence electrons. The van der Waals surface area contributed by atoms with Crippen LogP contribution >= 0.6 is 0 Å². The van der Waals surface area contributed by atoms with E-state index in [0.717, 1.165) is 19.3 Å². The van der Waals surface area contributed by atoms with Gasteiger partial charge in [-0.2, -0.15) is 0 Å². The Morgan fingerprint density at radius 1 is 1.23 bits per heavy atom. The van der Waals surface area contributed by atoms with Crippen molar-refractivity contribution in [1.29, 1.82) is 0 Å². The molecule has 5 unspecified atom stereocenters. The molecule has 0 spiro atoms. The van der Waals surface area contributed by atoms with E-state index in [9.17, 15) is 14.4 Å². The van der Waals surface area contributed by atoms with Gasteiger partial charge in [-0.3, -0.25) is 14.4 Å². The number of carbonyl (C=O) groups is 3. The zero-order valence-corrected chi connectivity index (χ0v) is 19.4. The highest BCUT2D eigenvalue weighted by molar-refractivity contribution is 5.92. The molecule has 0 aromatic heterocycles. The van der Waals surface area contributed by atoms with E-state index in [1.807, 2.05) is 6.92 Å². The minimum atomic E-state index is -1.07. The number of ketones is 1. The van der Waals surface area contributed by atoms with Gasteiger partial charge in [-0.1, -0.05) is 20.8 Å². The largest absolute Gasteiger partial charge is 0.451 e. The molecule has 6 heteroatoms. The molecule has 2 bridgehead atoms. The minimum absolute atomic E-state index is 0.00766. The molecule has 4 rings (SSSR count).